The van der Waals surface area contributed by atoms with Gasteiger partial charge < -0.3 is 19.7 Å². The number of amides is 2. The first kappa shape index (κ1) is 33.4. The van der Waals surface area contributed by atoms with Gasteiger partial charge in [-0.3, -0.25) is 14.4 Å². The molecule has 3 aromatic rings. The maximum absolute atomic E-state index is 12.8. The minimum absolute atomic E-state index is 0.0675. The lowest BCUT2D eigenvalue weighted by Crippen LogP contribution is -2.41. The number of rotatable bonds is 12. The van der Waals surface area contributed by atoms with Gasteiger partial charge in [-0.05, 0) is 69.1 Å². The highest BCUT2D eigenvalue weighted by Gasteiger charge is 2.27. The van der Waals surface area contributed by atoms with Crippen LogP contribution in [0, 0.1) is 5.92 Å². The number of ether oxygens (including phenoxy) is 2. The number of hydrogen-bond donors (Lipinski definition) is 1. The van der Waals surface area contributed by atoms with Crippen LogP contribution < -0.4 is 5.32 Å². The molecular weight excluding hydrogens is 568 g/mol. The fourth-order valence-electron chi connectivity index (χ4n) is 5.31. The molecule has 1 aliphatic heterocycles. The Hall–Kier alpha value is -4.46. The molecule has 0 unspecified atom stereocenters. The van der Waals surface area contributed by atoms with E-state index in [1.807, 2.05) is 93.6 Å². The van der Waals surface area contributed by atoms with Gasteiger partial charge in [0.1, 0.15) is 5.60 Å². The Morgan fingerprint density at radius 3 is 1.96 bits per heavy atom. The standard InChI is InChI=1S/C37H44N2O6/c1-37(2,3)45-36(43)39-24-22-28(23-25-39)16-20-33(41)38-26-32(40)29-18-14-27(15-19-29)17-21-34(42)44-35(30-10-6-4-7-11-30)31-12-8-5-9-13-31/h4-15,18-19,28,35H,16-17,20-26H2,1-3H3,(H,38,41). The van der Waals surface area contributed by atoms with E-state index in [4.69, 9.17) is 9.47 Å². The third-order valence-corrected chi connectivity index (χ3v) is 7.84. The van der Waals surface area contributed by atoms with Crippen LogP contribution in [0.25, 0.3) is 0 Å². The summed E-state index contributed by atoms with van der Waals surface area (Å²) in [4.78, 5) is 51.9. The lowest BCUT2D eigenvalue weighted by atomic mass is 9.92. The van der Waals surface area contributed by atoms with Crippen molar-refractivity contribution in [2.24, 2.45) is 5.92 Å². The molecule has 4 rings (SSSR count). The van der Waals surface area contributed by atoms with Crippen molar-refractivity contribution < 1.29 is 28.7 Å². The minimum atomic E-state index is -0.516. The molecule has 1 heterocycles. The number of likely N-dealkylation sites (tertiary alicyclic amines) is 1. The van der Waals surface area contributed by atoms with Crippen molar-refractivity contribution in [3.63, 3.8) is 0 Å². The molecule has 1 fully saturated rings. The predicted molar refractivity (Wildman–Crippen MR) is 173 cm³/mol. The van der Waals surface area contributed by atoms with Gasteiger partial charge in [-0.2, -0.15) is 0 Å². The highest BCUT2D eigenvalue weighted by Crippen LogP contribution is 2.27. The van der Waals surface area contributed by atoms with Crippen molar-refractivity contribution in [3.05, 3.63) is 107 Å². The van der Waals surface area contributed by atoms with Gasteiger partial charge in [0, 0.05) is 31.5 Å². The van der Waals surface area contributed by atoms with Gasteiger partial charge in [-0.15, -0.1) is 0 Å². The molecule has 238 valence electrons. The third-order valence-electron chi connectivity index (χ3n) is 7.84. The van der Waals surface area contributed by atoms with E-state index in [9.17, 15) is 19.2 Å². The van der Waals surface area contributed by atoms with Crippen molar-refractivity contribution in [2.75, 3.05) is 19.6 Å². The Bertz CT molecular complexity index is 1370. The van der Waals surface area contributed by atoms with Gasteiger partial charge in [0.15, 0.2) is 11.9 Å². The zero-order valence-electron chi connectivity index (χ0n) is 26.5. The van der Waals surface area contributed by atoms with Crippen LogP contribution in [0.1, 0.15) is 86.0 Å². The van der Waals surface area contributed by atoms with Gasteiger partial charge in [0.05, 0.1) is 6.54 Å². The van der Waals surface area contributed by atoms with Crippen molar-refractivity contribution in [2.45, 2.75) is 71.0 Å². The van der Waals surface area contributed by atoms with Crippen LogP contribution in [-0.4, -0.2) is 53.9 Å². The molecule has 2 amide bonds. The molecule has 3 aromatic carbocycles. The van der Waals surface area contributed by atoms with Crippen LogP contribution in [-0.2, 0) is 25.5 Å². The van der Waals surface area contributed by atoms with Crippen molar-refractivity contribution >= 4 is 23.8 Å². The van der Waals surface area contributed by atoms with Gasteiger partial charge in [0.2, 0.25) is 5.91 Å². The Morgan fingerprint density at radius 2 is 1.40 bits per heavy atom. The summed E-state index contributed by atoms with van der Waals surface area (Å²) in [6, 6.07) is 26.5. The fourth-order valence-corrected chi connectivity index (χ4v) is 5.31. The molecule has 1 N–H and O–H groups in total. The molecule has 45 heavy (non-hydrogen) atoms. The second kappa shape index (κ2) is 16.0. The molecule has 1 aliphatic rings. The molecule has 8 nitrogen and oxygen atoms in total. The average Bonchev–Trinajstić information content (AvgIpc) is 3.04. The number of nitrogens with zero attached hydrogens (tertiary/aromatic N) is 1. The summed E-state index contributed by atoms with van der Waals surface area (Å²) < 4.78 is 11.3. The maximum atomic E-state index is 12.8. The quantitative estimate of drug-likeness (QED) is 0.181. The lowest BCUT2D eigenvalue weighted by molar-refractivity contribution is -0.147. The van der Waals surface area contributed by atoms with E-state index >= 15 is 0 Å². The molecule has 0 spiro atoms. The minimum Gasteiger partial charge on any atom is -0.453 e. The zero-order chi connectivity index (χ0) is 32.2. The number of hydrogen-bond acceptors (Lipinski definition) is 6. The van der Waals surface area contributed by atoms with E-state index in [0.29, 0.717) is 37.4 Å². The second-order valence-corrected chi connectivity index (χ2v) is 12.5. The molecule has 0 radical (unpaired) electrons. The number of carbonyl (C=O) groups is 4. The second-order valence-electron chi connectivity index (χ2n) is 12.5. The third kappa shape index (κ3) is 10.9. The number of esters is 1. The largest absolute Gasteiger partial charge is 0.453 e. The number of aryl methyl sites for hydroxylation is 1. The van der Waals surface area contributed by atoms with Crippen LogP contribution in [0.4, 0.5) is 4.79 Å². The first-order valence-electron chi connectivity index (χ1n) is 15.7. The Kier molecular flexibility index (Phi) is 11.9. The first-order chi connectivity index (χ1) is 21.6. The van der Waals surface area contributed by atoms with E-state index < -0.39 is 11.7 Å². The lowest BCUT2D eigenvalue weighted by Gasteiger charge is -2.33. The topological polar surface area (TPSA) is 102 Å². The van der Waals surface area contributed by atoms with Gasteiger partial charge in [-0.1, -0.05) is 84.9 Å². The average molecular weight is 613 g/mol. The number of piperidine rings is 1. The first-order valence-corrected chi connectivity index (χ1v) is 15.7. The molecular formula is C37H44N2O6. The zero-order valence-corrected chi connectivity index (χ0v) is 26.5. The van der Waals surface area contributed by atoms with Crippen LogP contribution >= 0.6 is 0 Å². The van der Waals surface area contributed by atoms with E-state index in [1.54, 1.807) is 17.0 Å². The Labute approximate surface area is 266 Å². The summed E-state index contributed by atoms with van der Waals surface area (Å²) >= 11 is 0. The SMILES string of the molecule is CC(C)(C)OC(=O)N1CCC(CCC(=O)NCC(=O)c2ccc(CCC(=O)OC(c3ccccc3)c3ccccc3)cc2)CC1. The molecule has 0 aliphatic carbocycles. The monoisotopic (exact) mass is 612 g/mol. The van der Waals surface area contributed by atoms with E-state index in [0.717, 1.165) is 36.0 Å². The predicted octanol–water partition coefficient (Wildman–Crippen LogP) is 6.68. The van der Waals surface area contributed by atoms with Crippen LogP contribution in [0.5, 0.6) is 0 Å². The molecule has 0 bridgehead atoms. The van der Waals surface area contributed by atoms with Gasteiger partial charge in [0.25, 0.3) is 0 Å². The Morgan fingerprint density at radius 1 is 0.822 bits per heavy atom. The highest BCUT2D eigenvalue weighted by molar-refractivity contribution is 5.99. The number of Topliss-reactive ketones (excluding diaryl/α,β-unsaturated/α-hetero) is 1. The van der Waals surface area contributed by atoms with Crippen LogP contribution in [0.3, 0.4) is 0 Å². The van der Waals surface area contributed by atoms with Crippen molar-refractivity contribution in [3.8, 4) is 0 Å². The molecule has 0 atom stereocenters. The molecule has 8 heteroatoms. The smallest absolute Gasteiger partial charge is 0.410 e. The summed E-state index contributed by atoms with van der Waals surface area (Å²) in [6.07, 6.45) is 2.64. The van der Waals surface area contributed by atoms with Crippen LogP contribution in [0.2, 0.25) is 0 Å². The summed E-state index contributed by atoms with van der Waals surface area (Å²) in [7, 11) is 0. The number of carbonyl (C=O) groups excluding carboxylic acids is 4. The van der Waals surface area contributed by atoms with Crippen molar-refractivity contribution in [1.29, 1.82) is 0 Å². The maximum Gasteiger partial charge on any atom is 0.410 e. The Balaban J connectivity index is 1.16. The molecule has 0 aromatic heterocycles. The van der Waals surface area contributed by atoms with Crippen LogP contribution in [0.15, 0.2) is 84.9 Å². The molecule has 1 saturated heterocycles. The molecule has 0 saturated carbocycles. The van der Waals surface area contributed by atoms with Gasteiger partial charge >= 0.3 is 12.1 Å². The summed E-state index contributed by atoms with van der Waals surface area (Å²) in [6.45, 7) is 6.74. The summed E-state index contributed by atoms with van der Waals surface area (Å²) in [5.41, 5.74) is 2.73. The van der Waals surface area contributed by atoms with Crippen molar-refractivity contribution in [1.82, 2.24) is 10.2 Å². The van der Waals surface area contributed by atoms with Gasteiger partial charge in [-0.25, -0.2) is 4.79 Å². The number of ketones is 1. The summed E-state index contributed by atoms with van der Waals surface area (Å²) in [5, 5.41) is 2.74. The van der Waals surface area contributed by atoms with E-state index in [-0.39, 0.29) is 36.7 Å². The fraction of sp³-hybridized carbons (Fsp3) is 0.405. The normalized spacial score (nSPS) is 13.7. The number of nitrogens with one attached hydrogen (secondary N) is 1. The van der Waals surface area contributed by atoms with E-state index in [2.05, 4.69) is 5.32 Å². The highest BCUT2D eigenvalue weighted by atomic mass is 16.6. The summed E-state index contributed by atoms with van der Waals surface area (Å²) in [5.74, 6) is -0.271. The number of benzene rings is 3. The van der Waals surface area contributed by atoms with E-state index in [1.165, 1.54) is 0 Å².